The quantitative estimate of drug-likeness (QED) is 0.115. The molecular weight excluding hydrogens is 466 g/mol. The Kier molecular flexibility index (Phi) is 9.64. The molecule has 0 aromatic heterocycles. The maximum absolute atomic E-state index is 12.6. The second-order valence-electron chi connectivity index (χ2n) is 7.12. The Morgan fingerprint density at radius 2 is 1.71 bits per heavy atom. The van der Waals surface area contributed by atoms with E-state index in [2.05, 4.69) is 15.2 Å². The molecule has 0 bridgehead atoms. The summed E-state index contributed by atoms with van der Waals surface area (Å²) in [6, 6.07) is 10.6. The maximum atomic E-state index is 12.6. The van der Waals surface area contributed by atoms with Crippen molar-refractivity contribution in [2.24, 2.45) is 16.6 Å². The Bertz CT molecular complexity index is 1100. The van der Waals surface area contributed by atoms with E-state index in [4.69, 9.17) is 21.0 Å². The predicted octanol–water partition coefficient (Wildman–Crippen LogP) is 0.593. The first-order chi connectivity index (χ1) is 16.1. The number of hydrogen-bond acceptors (Lipinski definition) is 7. The first-order valence-electron chi connectivity index (χ1n) is 10.1. The van der Waals surface area contributed by atoms with Crippen molar-refractivity contribution in [2.45, 2.75) is 30.7 Å². The molecule has 2 aromatic carbocycles. The summed E-state index contributed by atoms with van der Waals surface area (Å²) in [6.45, 7) is 1.94. The van der Waals surface area contributed by atoms with Crippen molar-refractivity contribution in [1.29, 1.82) is 0 Å². The van der Waals surface area contributed by atoms with Crippen LogP contribution in [0.25, 0.3) is 0 Å². The van der Waals surface area contributed by atoms with Crippen LogP contribution in [0.2, 0.25) is 0 Å². The molecular formula is C21H27N5O7S. The number of hydrogen-bond donors (Lipinski definition) is 5. The summed E-state index contributed by atoms with van der Waals surface area (Å²) in [5.74, 6) is -1.23. The monoisotopic (exact) mass is 493 g/mol. The van der Waals surface area contributed by atoms with Gasteiger partial charge in [0.05, 0.1) is 11.5 Å². The van der Waals surface area contributed by atoms with Crippen molar-refractivity contribution in [2.75, 3.05) is 18.5 Å². The van der Waals surface area contributed by atoms with Gasteiger partial charge in [-0.1, -0.05) is 12.1 Å². The number of benzene rings is 2. The standard InChI is InChI=1S/C21H27N5O7S/c1-14(27)24-16-5-9-18(10-6-16)34(30,31)26-19(20(28)29)13-15-3-7-17(8-4-15)32-11-2-12-33-25-21(22)23/h3-10,19,26H,2,11-13H2,1H3,(H,24,27)(H,28,29)(H4,22,23,25). The van der Waals surface area contributed by atoms with E-state index in [1.165, 1.54) is 31.2 Å². The second-order valence-corrected chi connectivity index (χ2v) is 8.83. The van der Waals surface area contributed by atoms with Gasteiger partial charge in [0, 0.05) is 19.0 Å². The summed E-state index contributed by atoms with van der Waals surface area (Å²) >= 11 is 0. The number of anilines is 1. The summed E-state index contributed by atoms with van der Waals surface area (Å²) in [5.41, 5.74) is 11.3. The molecule has 184 valence electrons. The lowest BCUT2D eigenvalue weighted by atomic mass is 10.1. The Hall–Kier alpha value is -3.84. The van der Waals surface area contributed by atoms with E-state index in [9.17, 15) is 23.1 Å². The highest BCUT2D eigenvalue weighted by atomic mass is 32.2. The van der Waals surface area contributed by atoms with E-state index in [0.717, 1.165) is 0 Å². The number of carboxylic acid groups (broad SMARTS) is 1. The van der Waals surface area contributed by atoms with Crippen molar-refractivity contribution < 1.29 is 32.7 Å². The molecule has 0 saturated heterocycles. The molecule has 1 atom stereocenters. The number of nitrogens with two attached hydrogens (primary N) is 2. The number of nitrogens with zero attached hydrogens (tertiary/aromatic N) is 1. The van der Waals surface area contributed by atoms with Crippen LogP contribution in [0.5, 0.6) is 5.75 Å². The molecule has 0 aliphatic rings. The van der Waals surface area contributed by atoms with E-state index < -0.39 is 22.0 Å². The number of rotatable bonds is 13. The fraction of sp³-hybridized carbons (Fsp3) is 0.286. The highest BCUT2D eigenvalue weighted by Gasteiger charge is 2.25. The lowest BCUT2D eigenvalue weighted by Crippen LogP contribution is -2.42. The van der Waals surface area contributed by atoms with Crippen LogP contribution in [0.3, 0.4) is 0 Å². The van der Waals surface area contributed by atoms with Gasteiger partial charge in [-0.2, -0.15) is 4.72 Å². The zero-order valence-electron chi connectivity index (χ0n) is 18.4. The molecule has 1 amide bonds. The third kappa shape index (κ3) is 8.96. The number of ether oxygens (including phenoxy) is 1. The SMILES string of the molecule is CC(=O)Nc1ccc(S(=O)(=O)NC(Cc2ccc(OCCCON=C(N)N)cc2)C(=O)O)cc1. The van der Waals surface area contributed by atoms with Crippen LogP contribution in [0.4, 0.5) is 5.69 Å². The normalized spacial score (nSPS) is 11.8. The van der Waals surface area contributed by atoms with Gasteiger partial charge in [0.1, 0.15) is 18.4 Å². The van der Waals surface area contributed by atoms with Crippen molar-refractivity contribution in [3.63, 3.8) is 0 Å². The maximum Gasteiger partial charge on any atom is 0.322 e. The molecule has 7 N–H and O–H groups in total. The number of aliphatic carboxylic acids is 1. The molecule has 0 spiro atoms. The summed E-state index contributed by atoms with van der Waals surface area (Å²) in [5, 5.41) is 15.4. The zero-order valence-corrected chi connectivity index (χ0v) is 19.2. The van der Waals surface area contributed by atoms with Gasteiger partial charge < -0.3 is 31.5 Å². The molecule has 0 fully saturated rings. The van der Waals surface area contributed by atoms with Gasteiger partial charge in [0.15, 0.2) is 0 Å². The lowest BCUT2D eigenvalue weighted by Gasteiger charge is -2.15. The van der Waals surface area contributed by atoms with Crippen LogP contribution < -0.4 is 26.2 Å². The average molecular weight is 494 g/mol. The largest absolute Gasteiger partial charge is 0.493 e. The highest BCUT2D eigenvalue weighted by Crippen LogP contribution is 2.17. The Labute approximate surface area is 197 Å². The van der Waals surface area contributed by atoms with Gasteiger partial charge in [-0.05, 0) is 53.5 Å². The minimum atomic E-state index is -4.11. The Balaban J connectivity index is 1.94. The first kappa shape index (κ1) is 26.4. The van der Waals surface area contributed by atoms with Crippen LogP contribution in [-0.2, 0) is 30.9 Å². The highest BCUT2D eigenvalue weighted by molar-refractivity contribution is 7.89. The number of oxime groups is 1. The first-order valence-corrected chi connectivity index (χ1v) is 11.6. The van der Waals surface area contributed by atoms with Crippen LogP contribution in [0.15, 0.2) is 58.6 Å². The molecule has 2 rings (SSSR count). The fourth-order valence-corrected chi connectivity index (χ4v) is 3.94. The predicted molar refractivity (Wildman–Crippen MR) is 125 cm³/mol. The van der Waals surface area contributed by atoms with Crippen molar-refractivity contribution in [3.05, 3.63) is 54.1 Å². The minimum Gasteiger partial charge on any atom is -0.493 e. The fourth-order valence-electron chi connectivity index (χ4n) is 2.75. The van der Waals surface area contributed by atoms with Crippen LogP contribution in [-0.4, -0.2) is 50.6 Å². The Morgan fingerprint density at radius 3 is 2.26 bits per heavy atom. The van der Waals surface area contributed by atoms with E-state index in [1.54, 1.807) is 24.3 Å². The number of guanidine groups is 1. The summed E-state index contributed by atoms with van der Waals surface area (Å²) in [7, 11) is -4.11. The van der Waals surface area contributed by atoms with E-state index >= 15 is 0 Å². The lowest BCUT2D eigenvalue weighted by molar-refractivity contribution is -0.138. The van der Waals surface area contributed by atoms with E-state index in [-0.39, 0.29) is 29.8 Å². The van der Waals surface area contributed by atoms with Crippen molar-refractivity contribution >= 4 is 33.5 Å². The van der Waals surface area contributed by atoms with Crippen LogP contribution >= 0.6 is 0 Å². The van der Waals surface area contributed by atoms with Gasteiger partial charge in [-0.25, -0.2) is 8.42 Å². The van der Waals surface area contributed by atoms with Crippen molar-refractivity contribution in [3.8, 4) is 5.75 Å². The number of nitrogens with one attached hydrogen (secondary N) is 2. The third-order valence-corrected chi connectivity index (χ3v) is 5.75. The van der Waals surface area contributed by atoms with Gasteiger partial charge in [0.2, 0.25) is 21.9 Å². The smallest absolute Gasteiger partial charge is 0.322 e. The number of sulfonamides is 1. The summed E-state index contributed by atoms with van der Waals surface area (Å²) < 4.78 is 33.0. The second kappa shape index (κ2) is 12.4. The molecule has 1 unspecified atom stereocenters. The molecule has 0 saturated carbocycles. The number of amides is 1. The molecule has 0 aliphatic heterocycles. The molecule has 0 heterocycles. The molecule has 0 radical (unpaired) electrons. The van der Waals surface area contributed by atoms with Crippen LogP contribution in [0.1, 0.15) is 18.9 Å². The molecule has 13 heteroatoms. The summed E-state index contributed by atoms with van der Waals surface area (Å²) in [4.78, 5) is 27.5. The molecule has 0 aliphatic carbocycles. The minimum absolute atomic E-state index is 0.0782. The van der Waals surface area contributed by atoms with E-state index in [1.807, 2.05) is 0 Å². The Morgan fingerprint density at radius 1 is 1.06 bits per heavy atom. The van der Waals surface area contributed by atoms with E-state index in [0.29, 0.717) is 30.0 Å². The average Bonchev–Trinajstić information content (AvgIpc) is 2.76. The van der Waals surface area contributed by atoms with Gasteiger partial charge >= 0.3 is 5.97 Å². The molecule has 2 aromatic rings. The zero-order chi connectivity index (χ0) is 25.1. The van der Waals surface area contributed by atoms with Gasteiger partial charge in [-0.15, -0.1) is 0 Å². The number of carboxylic acids is 1. The summed E-state index contributed by atoms with van der Waals surface area (Å²) in [6.07, 6.45) is 0.457. The topological polar surface area (TPSA) is 195 Å². The van der Waals surface area contributed by atoms with Crippen LogP contribution in [0, 0.1) is 0 Å². The molecule has 34 heavy (non-hydrogen) atoms. The third-order valence-electron chi connectivity index (χ3n) is 4.26. The van der Waals surface area contributed by atoms with Gasteiger partial charge in [-0.3, -0.25) is 9.59 Å². The molecule has 12 nitrogen and oxygen atoms in total. The van der Waals surface area contributed by atoms with Gasteiger partial charge in [0.25, 0.3) is 0 Å². The van der Waals surface area contributed by atoms with Crippen molar-refractivity contribution in [1.82, 2.24) is 4.72 Å². The number of carbonyl (C=O) groups is 2. The number of carbonyl (C=O) groups excluding carboxylic acids is 1.